The van der Waals surface area contributed by atoms with E-state index < -0.39 is 6.10 Å². The predicted octanol–water partition coefficient (Wildman–Crippen LogP) is 1.72. The number of aliphatic hydroxyl groups is 1. The zero-order chi connectivity index (χ0) is 15.4. The maximum atomic E-state index is 12.5. The van der Waals surface area contributed by atoms with Crippen LogP contribution in [0.4, 0.5) is 0 Å². The van der Waals surface area contributed by atoms with Gasteiger partial charge in [0.25, 0.3) is 5.91 Å². The molecule has 1 aliphatic rings. The lowest BCUT2D eigenvalue weighted by Gasteiger charge is -2.38. The van der Waals surface area contributed by atoms with Gasteiger partial charge in [0.15, 0.2) is 6.10 Å². The molecule has 0 aromatic heterocycles. The van der Waals surface area contributed by atoms with Crippen molar-refractivity contribution < 1.29 is 19.4 Å². The van der Waals surface area contributed by atoms with Crippen LogP contribution in [-0.2, 0) is 9.53 Å². The van der Waals surface area contributed by atoms with E-state index in [0.29, 0.717) is 23.9 Å². The van der Waals surface area contributed by atoms with E-state index in [0.717, 1.165) is 0 Å². The maximum Gasteiger partial charge on any atom is 0.263 e. The number of ether oxygens (including phenoxy) is 2. The van der Waals surface area contributed by atoms with E-state index in [-0.39, 0.29) is 24.7 Å². The summed E-state index contributed by atoms with van der Waals surface area (Å²) in [4.78, 5) is 14.2. The quantitative estimate of drug-likeness (QED) is 0.919. The van der Waals surface area contributed by atoms with Crippen LogP contribution >= 0.6 is 11.6 Å². The predicted molar refractivity (Wildman–Crippen MR) is 79.5 cm³/mol. The summed E-state index contributed by atoms with van der Waals surface area (Å²) < 4.78 is 11.1. The highest BCUT2D eigenvalue weighted by Crippen LogP contribution is 2.25. The van der Waals surface area contributed by atoms with Crippen LogP contribution in [0.2, 0.25) is 5.02 Å². The van der Waals surface area contributed by atoms with Crippen molar-refractivity contribution in [2.24, 2.45) is 0 Å². The molecule has 3 unspecified atom stereocenters. The van der Waals surface area contributed by atoms with Crippen LogP contribution in [0.25, 0.3) is 0 Å². The highest BCUT2D eigenvalue weighted by atomic mass is 35.5. The van der Waals surface area contributed by atoms with Gasteiger partial charge in [0.05, 0.1) is 30.4 Å². The third-order valence-corrected chi connectivity index (χ3v) is 3.79. The van der Waals surface area contributed by atoms with Gasteiger partial charge in [-0.3, -0.25) is 4.79 Å². The van der Waals surface area contributed by atoms with Crippen molar-refractivity contribution in [2.45, 2.75) is 32.1 Å². The van der Waals surface area contributed by atoms with Crippen molar-refractivity contribution in [3.63, 3.8) is 0 Å². The molecule has 116 valence electrons. The molecule has 1 heterocycles. The number of carbonyl (C=O) groups is 1. The van der Waals surface area contributed by atoms with Gasteiger partial charge in [0.1, 0.15) is 5.75 Å². The first kappa shape index (κ1) is 16.1. The van der Waals surface area contributed by atoms with Crippen LogP contribution in [0.1, 0.15) is 13.8 Å². The molecule has 21 heavy (non-hydrogen) atoms. The fraction of sp³-hybridized carbons (Fsp3) is 0.533. The van der Waals surface area contributed by atoms with E-state index in [4.69, 9.17) is 21.1 Å². The second-order valence-electron chi connectivity index (χ2n) is 5.17. The normalized spacial score (nSPS) is 23.7. The van der Waals surface area contributed by atoms with Gasteiger partial charge in [0, 0.05) is 6.54 Å². The molecule has 5 nitrogen and oxygen atoms in total. The average molecular weight is 314 g/mol. The molecule has 1 amide bonds. The Kier molecular flexibility index (Phi) is 5.45. The number of morpholine rings is 1. The van der Waals surface area contributed by atoms with E-state index in [9.17, 15) is 9.90 Å². The zero-order valence-corrected chi connectivity index (χ0v) is 12.9. The van der Waals surface area contributed by atoms with E-state index >= 15 is 0 Å². The Morgan fingerprint density at radius 1 is 1.57 bits per heavy atom. The number of para-hydroxylation sites is 1. The number of benzene rings is 1. The molecule has 0 spiro atoms. The number of halogens is 1. The number of nitrogens with zero attached hydrogens (tertiary/aromatic N) is 1. The van der Waals surface area contributed by atoms with Gasteiger partial charge in [0.2, 0.25) is 0 Å². The van der Waals surface area contributed by atoms with Gasteiger partial charge >= 0.3 is 0 Å². The topological polar surface area (TPSA) is 59.0 Å². The van der Waals surface area contributed by atoms with Crippen LogP contribution in [0.5, 0.6) is 5.75 Å². The van der Waals surface area contributed by atoms with Crippen LogP contribution in [0, 0.1) is 0 Å². The lowest BCUT2D eigenvalue weighted by atomic mass is 10.1. The Hall–Kier alpha value is -1.30. The Bertz CT molecular complexity index is 496. The molecule has 6 heteroatoms. The van der Waals surface area contributed by atoms with Gasteiger partial charge in [-0.1, -0.05) is 23.7 Å². The molecule has 2 rings (SSSR count). The van der Waals surface area contributed by atoms with Crippen molar-refractivity contribution in [1.29, 1.82) is 0 Å². The minimum atomic E-state index is -0.648. The molecule has 0 bridgehead atoms. The molecule has 3 atom stereocenters. The van der Waals surface area contributed by atoms with Crippen molar-refractivity contribution >= 4 is 17.5 Å². The van der Waals surface area contributed by atoms with Gasteiger partial charge < -0.3 is 19.5 Å². The number of carbonyl (C=O) groups excluding carboxylic acids is 1. The van der Waals surface area contributed by atoms with Crippen molar-refractivity contribution in [3.05, 3.63) is 29.3 Å². The Morgan fingerprint density at radius 3 is 2.95 bits per heavy atom. The summed E-state index contributed by atoms with van der Waals surface area (Å²) in [5.41, 5.74) is 0. The molecule has 1 aromatic carbocycles. The van der Waals surface area contributed by atoms with Crippen LogP contribution in [0.15, 0.2) is 24.3 Å². The molecule has 1 aliphatic heterocycles. The summed E-state index contributed by atoms with van der Waals surface area (Å²) in [6.45, 7) is 4.29. The number of hydrogen-bond acceptors (Lipinski definition) is 4. The molecule has 1 aromatic rings. The minimum absolute atomic E-state index is 0.0439. The monoisotopic (exact) mass is 313 g/mol. The summed E-state index contributed by atoms with van der Waals surface area (Å²) in [6.07, 6.45) is -0.984. The smallest absolute Gasteiger partial charge is 0.263 e. The van der Waals surface area contributed by atoms with Crippen LogP contribution in [-0.4, -0.2) is 53.9 Å². The largest absolute Gasteiger partial charge is 0.479 e. The summed E-state index contributed by atoms with van der Waals surface area (Å²) in [6, 6.07) is 7.01. The van der Waals surface area contributed by atoms with E-state index in [1.807, 2.05) is 6.92 Å². The number of rotatable bonds is 4. The van der Waals surface area contributed by atoms with Gasteiger partial charge in [-0.25, -0.2) is 0 Å². The maximum absolute atomic E-state index is 12.5. The molecule has 0 saturated carbocycles. The minimum Gasteiger partial charge on any atom is -0.479 e. The molecule has 1 saturated heterocycles. The molecule has 0 radical (unpaired) electrons. The zero-order valence-electron chi connectivity index (χ0n) is 12.2. The average Bonchev–Trinajstić information content (AvgIpc) is 2.49. The molecule has 0 aliphatic carbocycles. The molecular weight excluding hydrogens is 294 g/mol. The first-order valence-corrected chi connectivity index (χ1v) is 7.35. The Balaban J connectivity index is 2.03. The summed E-state index contributed by atoms with van der Waals surface area (Å²) >= 11 is 6.03. The second-order valence-corrected chi connectivity index (χ2v) is 5.58. The van der Waals surface area contributed by atoms with E-state index in [2.05, 4.69) is 0 Å². The van der Waals surface area contributed by atoms with E-state index in [1.165, 1.54) is 0 Å². The van der Waals surface area contributed by atoms with Crippen LogP contribution < -0.4 is 4.74 Å². The summed E-state index contributed by atoms with van der Waals surface area (Å²) in [5.74, 6) is 0.351. The number of aliphatic hydroxyl groups excluding tert-OH is 1. The highest BCUT2D eigenvalue weighted by Gasteiger charge is 2.32. The summed E-state index contributed by atoms with van der Waals surface area (Å²) in [7, 11) is 0. The van der Waals surface area contributed by atoms with Gasteiger partial charge in [-0.15, -0.1) is 0 Å². The van der Waals surface area contributed by atoms with Gasteiger partial charge in [-0.2, -0.15) is 0 Å². The van der Waals surface area contributed by atoms with Crippen molar-refractivity contribution in [1.82, 2.24) is 4.90 Å². The molecular formula is C15H20ClNO4. The lowest BCUT2D eigenvalue weighted by molar-refractivity contribution is -0.152. The highest BCUT2D eigenvalue weighted by molar-refractivity contribution is 6.32. The second kappa shape index (κ2) is 7.11. The van der Waals surface area contributed by atoms with Crippen LogP contribution in [0.3, 0.4) is 0 Å². The van der Waals surface area contributed by atoms with E-state index in [1.54, 1.807) is 36.1 Å². The molecule has 1 N–H and O–H groups in total. The fourth-order valence-corrected chi connectivity index (χ4v) is 2.43. The standard InChI is InChI=1S/C15H20ClNO4/c1-10-9-20-12(8-18)7-17(10)15(19)11(2)21-14-6-4-3-5-13(14)16/h3-6,10-12,18H,7-9H2,1-2H3. The summed E-state index contributed by atoms with van der Waals surface area (Å²) in [5, 5.41) is 9.65. The van der Waals surface area contributed by atoms with Gasteiger partial charge in [-0.05, 0) is 26.0 Å². The number of amides is 1. The van der Waals surface area contributed by atoms with Crippen molar-refractivity contribution in [3.8, 4) is 5.75 Å². The SMILES string of the molecule is CC(Oc1ccccc1Cl)C(=O)N1CC(CO)OCC1C. The lowest BCUT2D eigenvalue weighted by Crippen LogP contribution is -2.55. The fourth-order valence-electron chi connectivity index (χ4n) is 2.25. The number of hydrogen-bond donors (Lipinski definition) is 1. The third kappa shape index (κ3) is 3.87. The van der Waals surface area contributed by atoms with Crippen molar-refractivity contribution in [2.75, 3.05) is 19.8 Å². The third-order valence-electron chi connectivity index (χ3n) is 3.48. The molecule has 1 fully saturated rings. The first-order valence-electron chi connectivity index (χ1n) is 6.97. The first-order chi connectivity index (χ1) is 10.0. The Labute approximate surface area is 129 Å². The Morgan fingerprint density at radius 2 is 2.29 bits per heavy atom.